The molecular weight excluding hydrogens is 696 g/mol. The van der Waals surface area contributed by atoms with Crippen LogP contribution in [0, 0.1) is 23.7 Å². The number of hydroxylamine groups is 1. The highest BCUT2D eigenvalue weighted by atomic mass is 16.7. The second kappa shape index (κ2) is 17.4. The molecule has 0 aromatic heterocycles. The summed E-state index contributed by atoms with van der Waals surface area (Å²) < 4.78 is 32.0. The van der Waals surface area contributed by atoms with Crippen LogP contribution in [0.25, 0.3) is 0 Å². The fourth-order valence-corrected chi connectivity index (χ4v) is 9.39. The summed E-state index contributed by atoms with van der Waals surface area (Å²) in [6.45, 7) is 15.0. The maximum atomic E-state index is 14.2. The van der Waals surface area contributed by atoms with Crippen molar-refractivity contribution in [3.05, 3.63) is 35.9 Å². The van der Waals surface area contributed by atoms with Crippen LogP contribution >= 0.6 is 0 Å². The Morgan fingerprint density at radius 2 is 1.78 bits per heavy atom. The number of nitrogens with one attached hydrogen (secondary N) is 2. The minimum Gasteiger partial charge on any atom is -0.459 e. The molecule has 0 radical (unpaired) electrons. The molecule has 4 saturated heterocycles. The van der Waals surface area contributed by atoms with Crippen molar-refractivity contribution in [2.45, 2.75) is 159 Å². The molecular formula is C40H66N4O10. The van der Waals surface area contributed by atoms with Gasteiger partial charge >= 0.3 is 12.1 Å². The molecule has 1 aromatic rings. The molecule has 5 rings (SSSR count). The summed E-state index contributed by atoms with van der Waals surface area (Å²) >= 11 is 0. The van der Waals surface area contributed by atoms with E-state index in [1.807, 2.05) is 83.9 Å². The summed E-state index contributed by atoms with van der Waals surface area (Å²) in [5, 5.41) is 26.9. The van der Waals surface area contributed by atoms with Gasteiger partial charge in [0.1, 0.15) is 23.9 Å². The topological polar surface area (TPSA) is 183 Å². The van der Waals surface area contributed by atoms with Gasteiger partial charge in [0.2, 0.25) is 0 Å². The van der Waals surface area contributed by atoms with Gasteiger partial charge in [-0.15, -0.1) is 0 Å². The number of carbonyl (C=O) groups is 2. The van der Waals surface area contributed by atoms with Gasteiger partial charge < -0.3 is 49.8 Å². The standard InChI is InChI=1S/C40H66N4O10/c1-11-30-40(8)34(41)23(4)32(53-40)21(2)19-39(7,48)35(52-37-31(45)29(44(9)10)17-22(3)49-37)24(5)33(25(6)36(46)50-30)51-38(47)42-20-27-18-28(43-54-27)26-15-13-12-14-16-26/h12-16,21-25,27-35,37,43,45,48H,11,17-20,41H2,1-10H3,(H,42,47)/t21-,22-,23+,24+,25-,27?,28?,29+,30-,31-,32+,33+,34+,35-,37?,39-,40?/m1/s1. The molecule has 0 spiro atoms. The fourth-order valence-electron chi connectivity index (χ4n) is 9.39. The number of benzene rings is 1. The fraction of sp³-hybridized carbons (Fsp3) is 0.800. The van der Waals surface area contributed by atoms with Crippen LogP contribution in [-0.2, 0) is 33.3 Å². The number of rotatable bonds is 8. The normalized spacial score (nSPS) is 44.9. The van der Waals surface area contributed by atoms with Gasteiger partial charge in [-0.25, -0.2) is 4.79 Å². The van der Waals surface area contributed by atoms with Gasteiger partial charge in [-0.1, -0.05) is 58.0 Å². The summed E-state index contributed by atoms with van der Waals surface area (Å²) in [5.41, 5.74) is 8.37. The zero-order chi connectivity index (χ0) is 39.7. The predicted molar refractivity (Wildman–Crippen MR) is 201 cm³/mol. The zero-order valence-electron chi connectivity index (χ0n) is 33.8. The summed E-state index contributed by atoms with van der Waals surface area (Å²) in [7, 11) is 3.77. The number of hydrogen-bond acceptors (Lipinski definition) is 13. The Kier molecular flexibility index (Phi) is 13.8. The predicted octanol–water partition coefficient (Wildman–Crippen LogP) is 3.43. The number of aliphatic hydroxyl groups is 2. The van der Waals surface area contributed by atoms with Crippen LogP contribution in [-0.4, -0.2) is 120 Å². The largest absolute Gasteiger partial charge is 0.459 e. The number of amides is 1. The van der Waals surface area contributed by atoms with E-state index in [0.29, 0.717) is 19.3 Å². The lowest BCUT2D eigenvalue weighted by molar-refractivity contribution is -0.299. The van der Waals surface area contributed by atoms with E-state index in [0.717, 1.165) is 5.56 Å². The highest BCUT2D eigenvalue weighted by Crippen LogP contribution is 2.45. The number of hydrogen-bond donors (Lipinski definition) is 5. The number of carbonyl (C=O) groups excluding carboxylic acids is 2. The molecule has 14 nitrogen and oxygen atoms in total. The third-order valence-electron chi connectivity index (χ3n) is 12.5. The van der Waals surface area contributed by atoms with E-state index in [-0.39, 0.29) is 55.2 Å². The first-order chi connectivity index (χ1) is 25.4. The van der Waals surface area contributed by atoms with Crippen LogP contribution < -0.4 is 16.5 Å². The molecule has 54 heavy (non-hydrogen) atoms. The molecule has 4 unspecified atom stereocenters. The number of alkyl carbamates (subject to hydrolysis) is 1. The van der Waals surface area contributed by atoms with Crippen molar-refractivity contribution in [2.24, 2.45) is 29.4 Å². The number of cyclic esters (lactones) is 1. The summed E-state index contributed by atoms with van der Waals surface area (Å²) in [5.74, 6) is -2.74. The second-order valence-electron chi connectivity index (χ2n) is 17.1. The monoisotopic (exact) mass is 762 g/mol. The van der Waals surface area contributed by atoms with Crippen LogP contribution in [0.15, 0.2) is 30.3 Å². The quantitative estimate of drug-likeness (QED) is 0.243. The Balaban J connectivity index is 1.45. The van der Waals surface area contributed by atoms with Gasteiger partial charge in [0.25, 0.3) is 0 Å². The average molecular weight is 763 g/mol. The van der Waals surface area contributed by atoms with E-state index < -0.39 is 71.8 Å². The van der Waals surface area contributed by atoms with Crippen molar-refractivity contribution in [1.82, 2.24) is 15.7 Å². The smallest absolute Gasteiger partial charge is 0.407 e. The second-order valence-corrected chi connectivity index (χ2v) is 17.1. The maximum Gasteiger partial charge on any atom is 0.407 e. The van der Waals surface area contributed by atoms with Crippen LogP contribution in [0.3, 0.4) is 0 Å². The lowest BCUT2D eigenvalue weighted by Gasteiger charge is -2.47. The van der Waals surface area contributed by atoms with Crippen molar-refractivity contribution in [2.75, 3.05) is 20.6 Å². The van der Waals surface area contributed by atoms with Crippen molar-refractivity contribution in [3.8, 4) is 0 Å². The SMILES string of the molecule is CC[C@H]1OC(=O)[C@H](C)[C@@H](OC(=O)NCC2CC(c3ccccc3)NO2)[C@H](C)[C@@H](OC2O[C@H](C)C[C@H](N(C)C)[C@H]2O)[C@](C)(O)C[C@@H](C)[C@@H]2OC1(C)[C@@H](N)[C@H]2C. The third-order valence-corrected chi connectivity index (χ3v) is 12.5. The Hall–Kier alpha value is -2.40. The van der Waals surface area contributed by atoms with Crippen molar-refractivity contribution in [1.29, 1.82) is 0 Å². The van der Waals surface area contributed by atoms with Crippen molar-refractivity contribution in [3.63, 3.8) is 0 Å². The van der Waals surface area contributed by atoms with E-state index in [9.17, 15) is 19.8 Å². The van der Waals surface area contributed by atoms with Gasteiger partial charge in [0.15, 0.2) is 6.29 Å². The first kappa shape index (κ1) is 42.7. The van der Waals surface area contributed by atoms with Gasteiger partial charge in [0.05, 0.1) is 42.0 Å². The highest BCUT2D eigenvalue weighted by molar-refractivity contribution is 5.74. The van der Waals surface area contributed by atoms with E-state index in [4.69, 9.17) is 34.3 Å². The Morgan fingerprint density at radius 1 is 1.09 bits per heavy atom. The number of likely N-dealkylation sites (N-methyl/N-ethyl adjacent to an activating group) is 1. The molecule has 4 heterocycles. The molecule has 4 aliphatic rings. The van der Waals surface area contributed by atoms with Crippen LogP contribution in [0.1, 0.15) is 92.7 Å². The molecule has 2 bridgehead atoms. The van der Waals surface area contributed by atoms with Crippen LogP contribution in [0.4, 0.5) is 4.79 Å². The summed E-state index contributed by atoms with van der Waals surface area (Å²) in [4.78, 5) is 35.5. The average Bonchev–Trinajstić information content (AvgIpc) is 3.70. The van der Waals surface area contributed by atoms with Gasteiger partial charge in [-0.3, -0.25) is 9.63 Å². The molecule has 306 valence electrons. The molecule has 14 heteroatoms. The summed E-state index contributed by atoms with van der Waals surface area (Å²) in [6, 6.07) is 9.14. The van der Waals surface area contributed by atoms with E-state index >= 15 is 0 Å². The molecule has 4 aliphatic heterocycles. The Labute approximate surface area is 321 Å². The first-order valence-corrected chi connectivity index (χ1v) is 19.8. The number of esters is 1. The van der Waals surface area contributed by atoms with Gasteiger partial charge in [-0.05, 0) is 79.0 Å². The highest BCUT2D eigenvalue weighted by Gasteiger charge is 2.57. The lowest BCUT2D eigenvalue weighted by Crippen LogP contribution is -2.59. The number of ether oxygens (including phenoxy) is 5. The zero-order valence-corrected chi connectivity index (χ0v) is 33.8. The van der Waals surface area contributed by atoms with E-state index in [1.165, 1.54) is 0 Å². The minimum atomic E-state index is -1.59. The number of aliphatic hydroxyl groups excluding tert-OH is 1. The molecule has 1 amide bonds. The molecule has 4 fully saturated rings. The van der Waals surface area contributed by atoms with Crippen LogP contribution in [0.2, 0.25) is 0 Å². The lowest BCUT2D eigenvalue weighted by atomic mass is 9.75. The molecule has 17 atom stereocenters. The molecule has 0 aliphatic carbocycles. The Bertz CT molecular complexity index is 1400. The van der Waals surface area contributed by atoms with Crippen LogP contribution in [0.5, 0.6) is 0 Å². The first-order valence-electron chi connectivity index (χ1n) is 19.8. The Morgan fingerprint density at radius 3 is 2.43 bits per heavy atom. The summed E-state index contributed by atoms with van der Waals surface area (Å²) in [6.07, 6.45) is -4.91. The maximum absolute atomic E-state index is 14.2. The van der Waals surface area contributed by atoms with E-state index in [2.05, 4.69) is 10.8 Å². The van der Waals surface area contributed by atoms with E-state index in [1.54, 1.807) is 20.8 Å². The number of nitrogens with zero attached hydrogens (tertiary/aromatic N) is 1. The molecule has 6 N–H and O–H groups in total. The van der Waals surface area contributed by atoms with Crippen molar-refractivity contribution >= 4 is 12.1 Å². The van der Waals surface area contributed by atoms with Crippen molar-refractivity contribution < 1.29 is 48.3 Å². The van der Waals surface area contributed by atoms with Gasteiger partial charge in [-0.2, -0.15) is 5.48 Å². The number of nitrogens with two attached hydrogens (primary N) is 1. The van der Waals surface area contributed by atoms with Gasteiger partial charge in [0, 0.05) is 30.5 Å². The third kappa shape index (κ3) is 9.08. The molecule has 1 aromatic carbocycles. The number of fused-ring (bicyclic) bond motifs is 2. The minimum absolute atomic E-state index is 0.0300. The molecule has 0 saturated carbocycles.